The standard InChI is InChI=1S/C19H20N4O3/c1-25-17-8-5-6-14(18(17)26-2)19(24)21-11-13-23-12-9-16(22-23)15-7-3-4-10-20-15/h3-10,12H,11,13H2,1-2H3,(H,21,24). The number of benzene rings is 1. The summed E-state index contributed by atoms with van der Waals surface area (Å²) >= 11 is 0. The van der Waals surface area contributed by atoms with Gasteiger partial charge in [0.15, 0.2) is 11.5 Å². The van der Waals surface area contributed by atoms with Gasteiger partial charge in [-0.3, -0.25) is 14.5 Å². The van der Waals surface area contributed by atoms with Crippen LogP contribution in [0.4, 0.5) is 0 Å². The zero-order valence-electron chi connectivity index (χ0n) is 14.7. The van der Waals surface area contributed by atoms with Crippen molar-refractivity contribution in [1.82, 2.24) is 20.1 Å². The zero-order valence-corrected chi connectivity index (χ0v) is 14.7. The van der Waals surface area contributed by atoms with Crippen molar-refractivity contribution in [1.29, 1.82) is 0 Å². The fraction of sp³-hybridized carbons (Fsp3) is 0.211. The van der Waals surface area contributed by atoms with Crippen LogP contribution >= 0.6 is 0 Å². The number of hydrogen-bond donors (Lipinski definition) is 1. The van der Waals surface area contributed by atoms with E-state index in [0.717, 1.165) is 11.4 Å². The minimum atomic E-state index is -0.224. The highest BCUT2D eigenvalue weighted by molar-refractivity contribution is 5.97. The van der Waals surface area contributed by atoms with Crippen molar-refractivity contribution in [2.45, 2.75) is 6.54 Å². The molecule has 0 atom stereocenters. The third-order valence-corrected chi connectivity index (χ3v) is 3.84. The van der Waals surface area contributed by atoms with Crippen LogP contribution in [0.25, 0.3) is 11.4 Å². The normalized spacial score (nSPS) is 10.4. The van der Waals surface area contributed by atoms with E-state index in [2.05, 4.69) is 15.4 Å². The molecule has 0 bridgehead atoms. The monoisotopic (exact) mass is 352 g/mol. The second-order valence-corrected chi connectivity index (χ2v) is 5.48. The van der Waals surface area contributed by atoms with Crippen molar-refractivity contribution < 1.29 is 14.3 Å². The highest BCUT2D eigenvalue weighted by Crippen LogP contribution is 2.30. The lowest BCUT2D eigenvalue weighted by Crippen LogP contribution is -2.27. The lowest BCUT2D eigenvalue weighted by atomic mass is 10.1. The van der Waals surface area contributed by atoms with Crippen molar-refractivity contribution in [3.05, 3.63) is 60.4 Å². The molecule has 26 heavy (non-hydrogen) atoms. The quantitative estimate of drug-likeness (QED) is 0.706. The zero-order chi connectivity index (χ0) is 18.4. The Kier molecular flexibility index (Phi) is 5.48. The van der Waals surface area contributed by atoms with Crippen LogP contribution < -0.4 is 14.8 Å². The molecule has 3 rings (SSSR count). The number of ether oxygens (including phenoxy) is 2. The number of carbonyl (C=O) groups is 1. The van der Waals surface area contributed by atoms with Crippen LogP contribution in [0.5, 0.6) is 11.5 Å². The first kappa shape index (κ1) is 17.5. The smallest absolute Gasteiger partial charge is 0.255 e. The summed E-state index contributed by atoms with van der Waals surface area (Å²) in [5.41, 5.74) is 2.05. The molecule has 7 heteroatoms. The van der Waals surface area contributed by atoms with E-state index in [1.165, 1.54) is 14.2 Å². The molecule has 134 valence electrons. The van der Waals surface area contributed by atoms with Crippen molar-refractivity contribution >= 4 is 5.91 Å². The second kappa shape index (κ2) is 8.15. The molecule has 0 aliphatic carbocycles. The highest BCUT2D eigenvalue weighted by Gasteiger charge is 2.15. The molecule has 1 N–H and O–H groups in total. The van der Waals surface area contributed by atoms with Crippen LogP contribution in [0.1, 0.15) is 10.4 Å². The Morgan fingerprint density at radius 3 is 2.69 bits per heavy atom. The van der Waals surface area contributed by atoms with E-state index in [4.69, 9.17) is 9.47 Å². The summed E-state index contributed by atoms with van der Waals surface area (Å²) in [5.74, 6) is 0.717. The molecule has 0 aliphatic rings. The summed E-state index contributed by atoms with van der Waals surface area (Å²) in [6.45, 7) is 0.980. The van der Waals surface area contributed by atoms with E-state index in [-0.39, 0.29) is 5.91 Å². The van der Waals surface area contributed by atoms with Crippen molar-refractivity contribution in [3.8, 4) is 22.9 Å². The number of rotatable bonds is 7. The minimum absolute atomic E-state index is 0.224. The van der Waals surface area contributed by atoms with Gasteiger partial charge in [0, 0.05) is 18.9 Å². The topological polar surface area (TPSA) is 78.3 Å². The summed E-state index contributed by atoms with van der Waals surface area (Å²) in [7, 11) is 3.05. The summed E-state index contributed by atoms with van der Waals surface area (Å²) in [5, 5.41) is 7.34. The Labute approximate surface area is 151 Å². The third kappa shape index (κ3) is 3.83. The van der Waals surface area contributed by atoms with E-state index < -0.39 is 0 Å². The molecule has 0 saturated carbocycles. The van der Waals surface area contributed by atoms with Crippen molar-refractivity contribution in [3.63, 3.8) is 0 Å². The predicted octanol–water partition coefficient (Wildman–Crippen LogP) is 2.39. The number of aromatic nitrogens is 3. The molecule has 7 nitrogen and oxygen atoms in total. The second-order valence-electron chi connectivity index (χ2n) is 5.48. The Morgan fingerprint density at radius 1 is 1.08 bits per heavy atom. The first-order chi connectivity index (χ1) is 12.7. The van der Waals surface area contributed by atoms with Gasteiger partial charge in [-0.25, -0.2) is 0 Å². The van der Waals surface area contributed by atoms with Gasteiger partial charge in [0.05, 0.1) is 32.0 Å². The average Bonchev–Trinajstić information content (AvgIpc) is 3.16. The number of hydrogen-bond acceptors (Lipinski definition) is 5. The van der Waals surface area contributed by atoms with Crippen LogP contribution in [-0.4, -0.2) is 41.4 Å². The number of para-hydroxylation sites is 1. The van der Waals surface area contributed by atoms with E-state index >= 15 is 0 Å². The summed E-state index contributed by atoms with van der Waals surface area (Å²) < 4.78 is 12.3. The maximum atomic E-state index is 12.4. The Balaban J connectivity index is 1.60. The summed E-state index contributed by atoms with van der Waals surface area (Å²) in [4.78, 5) is 16.7. The summed E-state index contributed by atoms with van der Waals surface area (Å²) in [6.07, 6.45) is 3.60. The van der Waals surface area contributed by atoms with Gasteiger partial charge in [0.2, 0.25) is 0 Å². The number of nitrogens with one attached hydrogen (secondary N) is 1. The molecule has 2 aromatic heterocycles. The molecule has 0 unspecified atom stereocenters. The molecule has 0 aliphatic heterocycles. The van der Waals surface area contributed by atoms with Crippen LogP contribution in [0.15, 0.2) is 54.9 Å². The van der Waals surface area contributed by atoms with Gasteiger partial charge >= 0.3 is 0 Å². The van der Waals surface area contributed by atoms with Crippen LogP contribution in [-0.2, 0) is 6.54 Å². The van der Waals surface area contributed by atoms with Gasteiger partial charge in [0.25, 0.3) is 5.91 Å². The molecule has 1 amide bonds. The highest BCUT2D eigenvalue weighted by atomic mass is 16.5. The maximum absolute atomic E-state index is 12.4. The van der Waals surface area contributed by atoms with Gasteiger partial charge in [-0.05, 0) is 30.3 Å². The Hall–Kier alpha value is -3.35. The first-order valence-corrected chi connectivity index (χ1v) is 8.17. The number of nitrogens with zero attached hydrogens (tertiary/aromatic N) is 3. The molecule has 0 fully saturated rings. The number of amides is 1. The Bertz CT molecular complexity index is 878. The third-order valence-electron chi connectivity index (χ3n) is 3.84. The molecular weight excluding hydrogens is 332 g/mol. The lowest BCUT2D eigenvalue weighted by Gasteiger charge is -2.12. The number of methoxy groups -OCH3 is 2. The van der Waals surface area contributed by atoms with Crippen molar-refractivity contribution in [2.75, 3.05) is 20.8 Å². The van der Waals surface area contributed by atoms with Crippen molar-refractivity contribution in [2.24, 2.45) is 0 Å². The predicted molar refractivity (Wildman–Crippen MR) is 97.3 cm³/mol. The Morgan fingerprint density at radius 2 is 1.96 bits per heavy atom. The van der Waals surface area contributed by atoms with Gasteiger partial charge in [-0.15, -0.1) is 0 Å². The van der Waals surface area contributed by atoms with Crippen LogP contribution in [0, 0.1) is 0 Å². The SMILES string of the molecule is COc1cccc(C(=O)NCCn2ccc(-c3ccccn3)n2)c1OC. The fourth-order valence-electron chi connectivity index (χ4n) is 2.58. The largest absolute Gasteiger partial charge is 0.493 e. The van der Waals surface area contributed by atoms with E-state index in [1.807, 2.05) is 30.5 Å². The molecule has 3 aromatic rings. The first-order valence-electron chi connectivity index (χ1n) is 8.17. The minimum Gasteiger partial charge on any atom is -0.493 e. The lowest BCUT2D eigenvalue weighted by molar-refractivity contribution is 0.0948. The van der Waals surface area contributed by atoms with Gasteiger partial charge < -0.3 is 14.8 Å². The summed E-state index contributed by atoms with van der Waals surface area (Å²) in [6, 6.07) is 12.8. The van der Waals surface area contributed by atoms with E-state index in [1.54, 1.807) is 29.1 Å². The number of pyridine rings is 1. The molecular formula is C19H20N4O3. The average molecular weight is 352 g/mol. The van der Waals surface area contributed by atoms with E-state index in [9.17, 15) is 4.79 Å². The molecule has 0 spiro atoms. The van der Waals surface area contributed by atoms with Crippen LogP contribution in [0.2, 0.25) is 0 Å². The maximum Gasteiger partial charge on any atom is 0.255 e. The van der Waals surface area contributed by atoms with Gasteiger partial charge in [-0.2, -0.15) is 5.10 Å². The molecule has 2 heterocycles. The fourth-order valence-corrected chi connectivity index (χ4v) is 2.58. The molecule has 0 radical (unpaired) electrons. The van der Waals surface area contributed by atoms with Crippen LogP contribution in [0.3, 0.4) is 0 Å². The van der Waals surface area contributed by atoms with Gasteiger partial charge in [-0.1, -0.05) is 12.1 Å². The number of carbonyl (C=O) groups excluding carboxylic acids is 1. The molecule has 1 aromatic carbocycles. The van der Waals surface area contributed by atoms with Gasteiger partial charge in [0.1, 0.15) is 5.69 Å². The van der Waals surface area contributed by atoms with E-state index in [0.29, 0.717) is 30.2 Å². The molecule has 0 saturated heterocycles.